The third kappa shape index (κ3) is 3.55. The SMILES string of the molecule is C=C(/C=C/c1ccc(F)cc1)N(C)c1ccccc1. The summed E-state index contributed by atoms with van der Waals surface area (Å²) >= 11 is 0. The molecule has 0 radical (unpaired) electrons. The van der Waals surface area contributed by atoms with Crippen molar-refractivity contribution < 1.29 is 4.39 Å². The first kappa shape index (κ1) is 13.1. The van der Waals surface area contributed by atoms with Gasteiger partial charge in [0.05, 0.1) is 0 Å². The topological polar surface area (TPSA) is 3.24 Å². The summed E-state index contributed by atoms with van der Waals surface area (Å²) in [6.07, 6.45) is 3.83. The summed E-state index contributed by atoms with van der Waals surface area (Å²) in [6.45, 7) is 4.03. The Morgan fingerprint density at radius 2 is 1.68 bits per heavy atom. The molecule has 2 rings (SSSR count). The minimum absolute atomic E-state index is 0.225. The van der Waals surface area contributed by atoms with Gasteiger partial charge < -0.3 is 4.90 Å². The van der Waals surface area contributed by atoms with E-state index in [9.17, 15) is 4.39 Å². The van der Waals surface area contributed by atoms with Gasteiger partial charge in [0.15, 0.2) is 0 Å². The van der Waals surface area contributed by atoms with E-state index in [-0.39, 0.29) is 5.82 Å². The maximum Gasteiger partial charge on any atom is 0.123 e. The standard InChI is InChI=1S/C17H16FN/c1-14(19(2)17-6-4-3-5-7-17)8-9-15-10-12-16(18)13-11-15/h3-13H,1H2,2H3/b9-8+. The number of nitrogens with zero attached hydrogens (tertiary/aromatic N) is 1. The van der Waals surface area contributed by atoms with Crippen LogP contribution in [-0.2, 0) is 0 Å². The van der Waals surface area contributed by atoms with Gasteiger partial charge in [0.2, 0.25) is 0 Å². The minimum atomic E-state index is -0.225. The molecule has 0 aliphatic rings. The van der Waals surface area contributed by atoms with Gasteiger partial charge in [0, 0.05) is 18.4 Å². The predicted molar refractivity (Wildman–Crippen MR) is 79.4 cm³/mol. The highest BCUT2D eigenvalue weighted by Gasteiger charge is 2.00. The lowest BCUT2D eigenvalue weighted by Gasteiger charge is -2.19. The molecule has 0 fully saturated rings. The minimum Gasteiger partial charge on any atom is -0.345 e. The molecular formula is C17H16FN. The van der Waals surface area contributed by atoms with Crippen LogP contribution in [-0.4, -0.2) is 7.05 Å². The summed E-state index contributed by atoms with van der Waals surface area (Å²) in [7, 11) is 1.96. The first-order chi connectivity index (χ1) is 9.16. The summed E-state index contributed by atoms with van der Waals surface area (Å²) in [4.78, 5) is 2.00. The molecule has 0 atom stereocenters. The fourth-order valence-corrected chi connectivity index (χ4v) is 1.70. The van der Waals surface area contributed by atoms with Crippen LogP contribution < -0.4 is 4.90 Å². The largest absolute Gasteiger partial charge is 0.345 e. The Kier molecular flexibility index (Phi) is 4.14. The Morgan fingerprint density at radius 1 is 1.05 bits per heavy atom. The van der Waals surface area contributed by atoms with Crippen molar-refractivity contribution in [3.63, 3.8) is 0 Å². The third-order valence-electron chi connectivity index (χ3n) is 2.91. The van der Waals surface area contributed by atoms with Gasteiger partial charge in [0.25, 0.3) is 0 Å². The molecule has 0 spiro atoms. The van der Waals surface area contributed by atoms with E-state index < -0.39 is 0 Å². The number of benzene rings is 2. The van der Waals surface area contributed by atoms with Gasteiger partial charge in [-0.3, -0.25) is 0 Å². The van der Waals surface area contributed by atoms with Crippen molar-refractivity contribution in [1.29, 1.82) is 0 Å². The number of hydrogen-bond donors (Lipinski definition) is 0. The van der Waals surface area contributed by atoms with E-state index in [1.165, 1.54) is 12.1 Å². The lowest BCUT2D eigenvalue weighted by Crippen LogP contribution is -2.13. The van der Waals surface area contributed by atoms with E-state index in [1.807, 2.05) is 54.4 Å². The normalized spacial score (nSPS) is 10.6. The number of halogens is 1. The molecule has 0 amide bonds. The average molecular weight is 253 g/mol. The van der Waals surface area contributed by atoms with Gasteiger partial charge in [-0.2, -0.15) is 0 Å². The van der Waals surface area contributed by atoms with Gasteiger partial charge >= 0.3 is 0 Å². The van der Waals surface area contributed by atoms with Crippen molar-refractivity contribution in [2.45, 2.75) is 0 Å². The van der Waals surface area contributed by atoms with Crippen molar-refractivity contribution >= 4 is 11.8 Å². The number of anilines is 1. The maximum atomic E-state index is 12.8. The van der Waals surface area contributed by atoms with E-state index in [0.29, 0.717) is 0 Å². The molecular weight excluding hydrogens is 237 g/mol. The highest BCUT2D eigenvalue weighted by atomic mass is 19.1. The lowest BCUT2D eigenvalue weighted by atomic mass is 10.2. The molecule has 2 heteroatoms. The molecule has 2 aromatic carbocycles. The third-order valence-corrected chi connectivity index (χ3v) is 2.91. The van der Waals surface area contributed by atoms with Crippen LogP contribution in [0.2, 0.25) is 0 Å². The zero-order valence-corrected chi connectivity index (χ0v) is 10.9. The molecule has 19 heavy (non-hydrogen) atoms. The van der Waals surface area contributed by atoms with E-state index in [2.05, 4.69) is 6.58 Å². The van der Waals surface area contributed by atoms with Crippen LogP contribution in [0.4, 0.5) is 10.1 Å². The van der Waals surface area contributed by atoms with E-state index >= 15 is 0 Å². The molecule has 0 bridgehead atoms. The van der Waals surface area contributed by atoms with Gasteiger partial charge in [-0.25, -0.2) is 4.39 Å². The molecule has 0 heterocycles. The summed E-state index contributed by atoms with van der Waals surface area (Å²) < 4.78 is 12.8. The summed E-state index contributed by atoms with van der Waals surface area (Å²) in [5.74, 6) is -0.225. The van der Waals surface area contributed by atoms with Crippen molar-refractivity contribution in [2.24, 2.45) is 0 Å². The molecule has 0 aromatic heterocycles. The van der Waals surface area contributed by atoms with Gasteiger partial charge in [-0.05, 0) is 35.9 Å². The molecule has 0 unspecified atom stereocenters. The number of para-hydroxylation sites is 1. The van der Waals surface area contributed by atoms with Gasteiger partial charge in [-0.15, -0.1) is 0 Å². The molecule has 0 saturated heterocycles. The van der Waals surface area contributed by atoms with Crippen LogP contribution in [0.15, 0.2) is 72.9 Å². The number of hydrogen-bond acceptors (Lipinski definition) is 1. The maximum absolute atomic E-state index is 12.8. The Morgan fingerprint density at radius 3 is 2.32 bits per heavy atom. The van der Waals surface area contributed by atoms with Crippen LogP contribution in [0.3, 0.4) is 0 Å². The van der Waals surface area contributed by atoms with Crippen LogP contribution >= 0.6 is 0 Å². The van der Waals surface area contributed by atoms with Crippen LogP contribution in [0.25, 0.3) is 6.08 Å². The highest BCUT2D eigenvalue weighted by Crippen LogP contribution is 2.17. The summed E-state index contributed by atoms with van der Waals surface area (Å²) in [5.41, 5.74) is 2.90. The second-order valence-corrected chi connectivity index (χ2v) is 4.27. The molecule has 0 saturated carbocycles. The van der Waals surface area contributed by atoms with Crippen molar-refractivity contribution in [2.75, 3.05) is 11.9 Å². The smallest absolute Gasteiger partial charge is 0.123 e. The predicted octanol–water partition coefficient (Wildman–Crippen LogP) is 4.49. The second-order valence-electron chi connectivity index (χ2n) is 4.27. The monoisotopic (exact) mass is 253 g/mol. The van der Waals surface area contributed by atoms with Crippen molar-refractivity contribution in [3.05, 3.63) is 84.3 Å². The van der Waals surface area contributed by atoms with Crippen LogP contribution in [0.5, 0.6) is 0 Å². The summed E-state index contributed by atoms with van der Waals surface area (Å²) in [6, 6.07) is 16.4. The summed E-state index contributed by atoms with van der Waals surface area (Å²) in [5, 5.41) is 0. The number of allylic oxidation sites excluding steroid dienone is 1. The fraction of sp³-hybridized carbons (Fsp3) is 0.0588. The molecule has 0 N–H and O–H groups in total. The molecule has 0 aliphatic carbocycles. The van der Waals surface area contributed by atoms with Crippen molar-refractivity contribution in [3.8, 4) is 0 Å². The van der Waals surface area contributed by atoms with Crippen LogP contribution in [0, 0.1) is 5.82 Å². The Labute approximate surface area is 113 Å². The van der Waals surface area contributed by atoms with Crippen LogP contribution in [0.1, 0.15) is 5.56 Å². The first-order valence-corrected chi connectivity index (χ1v) is 6.08. The van der Waals surface area contributed by atoms with E-state index in [1.54, 1.807) is 12.1 Å². The van der Waals surface area contributed by atoms with E-state index in [0.717, 1.165) is 16.9 Å². The van der Waals surface area contributed by atoms with E-state index in [4.69, 9.17) is 0 Å². The Bertz CT molecular complexity index is 570. The zero-order valence-electron chi connectivity index (χ0n) is 10.9. The number of rotatable bonds is 4. The van der Waals surface area contributed by atoms with Gasteiger partial charge in [0.1, 0.15) is 5.82 Å². The highest BCUT2D eigenvalue weighted by molar-refractivity contribution is 5.58. The fourth-order valence-electron chi connectivity index (χ4n) is 1.70. The zero-order chi connectivity index (χ0) is 13.7. The molecule has 1 nitrogen and oxygen atoms in total. The quantitative estimate of drug-likeness (QED) is 0.726. The molecule has 2 aromatic rings. The Hall–Kier alpha value is -2.35. The molecule has 96 valence electrons. The number of likely N-dealkylation sites (N-methyl/N-ethyl adjacent to an activating group) is 1. The van der Waals surface area contributed by atoms with Crippen molar-refractivity contribution in [1.82, 2.24) is 0 Å². The Balaban J connectivity index is 2.07. The lowest BCUT2D eigenvalue weighted by molar-refractivity contribution is 0.628. The average Bonchev–Trinajstić information content (AvgIpc) is 2.46. The first-order valence-electron chi connectivity index (χ1n) is 6.08. The second kappa shape index (κ2) is 6.01. The molecule has 0 aliphatic heterocycles. The van der Waals surface area contributed by atoms with Gasteiger partial charge in [-0.1, -0.05) is 43.0 Å².